The van der Waals surface area contributed by atoms with Crippen molar-refractivity contribution in [3.8, 4) is 11.4 Å². The van der Waals surface area contributed by atoms with Crippen molar-refractivity contribution in [1.29, 1.82) is 0 Å². The fraction of sp³-hybridized carbons (Fsp3) is 0.333. The van der Waals surface area contributed by atoms with Gasteiger partial charge in [0.1, 0.15) is 12.4 Å². The van der Waals surface area contributed by atoms with Crippen LogP contribution in [-0.4, -0.2) is 38.9 Å². The lowest BCUT2D eigenvalue weighted by Gasteiger charge is -2.26. The van der Waals surface area contributed by atoms with E-state index in [9.17, 15) is 4.79 Å². The molecule has 1 aliphatic rings. The van der Waals surface area contributed by atoms with Crippen LogP contribution >= 0.6 is 12.4 Å². The third-order valence-electron chi connectivity index (χ3n) is 6.34. The lowest BCUT2D eigenvalue weighted by molar-refractivity contribution is 0.222. The topological polar surface area (TPSA) is 52.3 Å². The van der Waals surface area contributed by atoms with E-state index in [4.69, 9.17) is 4.74 Å². The largest absolute Gasteiger partial charge is 0.489 e. The predicted molar refractivity (Wildman–Crippen MR) is 138 cm³/mol. The second kappa shape index (κ2) is 11.4. The number of likely N-dealkylation sites (tertiary alicyclic amines) is 1. The van der Waals surface area contributed by atoms with Gasteiger partial charge in [0.05, 0.1) is 11.7 Å². The second-order valence-corrected chi connectivity index (χ2v) is 8.71. The molecule has 0 saturated carbocycles. The third kappa shape index (κ3) is 5.69. The Bertz CT molecular complexity index is 1260. The highest BCUT2D eigenvalue weighted by atomic mass is 35.5. The van der Waals surface area contributed by atoms with Gasteiger partial charge in [0.15, 0.2) is 0 Å². The minimum absolute atomic E-state index is 0. The van der Waals surface area contributed by atoms with Crippen LogP contribution in [-0.2, 0) is 13.2 Å². The van der Waals surface area contributed by atoms with Crippen LogP contribution < -0.4 is 10.3 Å². The Kier molecular flexibility index (Phi) is 8.03. The zero-order valence-electron chi connectivity index (χ0n) is 19.3. The Hall–Kier alpha value is -3.09. The van der Waals surface area contributed by atoms with Crippen molar-refractivity contribution in [2.45, 2.75) is 38.8 Å². The summed E-state index contributed by atoms with van der Waals surface area (Å²) in [4.78, 5) is 15.3. The molecule has 6 nitrogen and oxygen atoms in total. The van der Waals surface area contributed by atoms with Crippen LogP contribution in [0.15, 0.2) is 77.9 Å². The molecule has 7 heteroatoms. The number of halogens is 1. The van der Waals surface area contributed by atoms with E-state index in [-0.39, 0.29) is 18.0 Å². The lowest BCUT2D eigenvalue weighted by atomic mass is 10.1. The first kappa shape index (κ1) is 24.0. The number of nitrogens with zero attached hydrogens (tertiary/aromatic N) is 4. The van der Waals surface area contributed by atoms with Crippen molar-refractivity contribution in [3.63, 3.8) is 0 Å². The molecule has 0 radical (unpaired) electrons. The Morgan fingerprint density at radius 3 is 2.53 bits per heavy atom. The SMILES string of the molecule is Cl.O=c1cc(OCc2ccccc2)ccn1-c1ccc2c(cnn2CCCN2CCCCC2)c1. The Morgan fingerprint density at radius 1 is 0.912 bits per heavy atom. The fourth-order valence-electron chi connectivity index (χ4n) is 4.53. The maximum Gasteiger partial charge on any atom is 0.258 e. The van der Waals surface area contributed by atoms with E-state index in [1.165, 1.54) is 38.4 Å². The van der Waals surface area contributed by atoms with Crippen LogP contribution in [0.1, 0.15) is 31.2 Å². The summed E-state index contributed by atoms with van der Waals surface area (Å²) in [6.07, 6.45) is 8.78. The van der Waals surface area contributed by atoms with Gasteiger partial charge in [0.25, 0.3) is 5.56 Å². The first-order chi connectivity index (χ1) is 16.3. The summed E-state index contributed by atoms with van der Waals surface area (Å²) in [6.45, 7) is 4.94. The number of pyridine rings is 1. The molecule has 0 amide bonds. The summed E-state index contributed by atoms with van der Waals surface area (Å²) in [5.74, 6) is 0.572. The molecule has 178 valence electrons. The van der Waals surface area contributed by atoms with Gasteiger partial charge in [-0.2, -0.15) is 5.10 Å². The fourth-order valence-corrected chi connectivity index (χ4v) is 4.53. The van der Waals surface area contributed by atoms with Crippen LogP contribution in [0.4, 0.5) is 0 Å². The quantitative estimate of drug-likeness (QED) is 0.355. The summed E-state index contributed by atoms with van der Waals surface area (Å²) in [5.41, 5.74) is 2.89. The minimum Gasteiger partial charge on any atom is -0.489 e. The highest BCUT2D eigenvalue weighted by Gasteiger charge is 2.11. The van der Waals surface area contributed by atoms with E-state index in [0.29, 0.717) is 12.4 Å². The van der Waals surface area contributed by atoms with E-state index < -0.39 is 0 Å². The molecule has 2 aromatic heterocycles. The third-order valence-corrected chi connectivity index (χ3v) is 6.34. The summed E-state index contributed by atoms with van der Waals surface area (Å²) in [6, 6.07) is 19.4. The number of hydrogen-bond donors (Lipinski definition) is 0. The molecule has 0 spiro atoms. The molecule has 0 bridgehead atoms. The van der Waals surface area contributed by atoms with Gasteiger partial charge in [-0.15, -0.1) is 12.4 Å². The van der Waals surface area contributed by atoms with E-state index in [2.05, 4.69) is 20.7 Å². The number of fused-ring (bicyclic) bond motifs is 1. The summed E-state index contributed by atoms with van der Waals surface area (Å²) in [5, 5.41) is 5.64. The molecule has 1 fully saturated rings. The molecule has 1 saturated heterocycles. The molecule has 1 aliphatic heterocycles. The van der Waals surface area contributed by atoms with Crippen molar-refractivity contribution in [2.75, 3.05) is 19.6 Å². The summed E-state index contributed by atoms with van der Waals surface area (Å²) >= 11 is 0. The maximum absolute atomic E-state index is 12.7. The van der Waals surface area contributed by atoms with Crippen molar-refractivity contribution < 1.29 is 4.74 Å². The van der Waals surface area contributed by atoms with Crippen molar-refractivity contribution in [2.24, 2.45) is 0 Å². The van der Waals surface area contributed by atoms with E-state index >= 15 is 0 Å². The minimum atomic E-state index is -0.117. The number of aromatic nitrogens is 3. The zero-order valence-corrected chi connectivity index (χ0v) is 20.1. The maximum atomic E-state index is 12.7. The normalized spacial score (nSPS) is 14.1. The molecule has 4 aromatic rings. The zero-order chi connectivity index (χ0) is 22.5. The van der Waals surface area contributed by atoms with Gasteiger partial charge < -0.3 is 9.64 Å². The molecule has 0 unspecified atom stereocenters. The average molecular weight is 479 g/mol. The molecular weight excluding hydrogens is 448 g/mol. The standard InChI is InChI=1S/C27H30N4O2.ClH/c32-27-19-25(33-21-22-8-3-1-4-9-22)12-17-30(27)24-10-11-26-23(18-24)20-28-31(26)16-7-15-29-13-5-2-6-14-29;/h1,3-4,8-12,17-20H,2,5-7,13-16,21H2;1H. The highest BCUT2D eigenvalue weighted by Crippen LogP contribution is 2.19. The number of rotatable bonds is 8. The van der Waals surface area contributed by atoms with Crippen LogP contribution in [0.2, 0.25) is 0 Å². The highest BCUT2D eigenvalue weighted by molar-refractivity contribution is 5.85. The Morgan fingerprint density at radius 2 is 1.74 bits per heavy atom. The van der Waals surface area contributed by atoms with Crippen LogP contribution in [0.3, 0.4) is 0 Å². The van der Waals surface area contributed by atoms with Gasteiger partial charge in [-0.3, -0.25) is 14.0 Å². The van der Waals surface area contributed by atoms with Gasteiger partial charge >= 0.3 is 0 Å². The van der Waals surface area contributed by atoms with Gasteiger partial charge in [-0.1, -0.05) is 36.8 Å². The number of hydrogen-bond acceptors (Lipinski definition) is 4. The van der Waals surface area contributed by atoms with Crippen LogP contribution in [0, 0.1) is 0 Å². The van der Waals surface area contributed by atoms with Crippen molar-refractivity contribution >= 4 is 23.3 Å². The van der Waals surface area contributed by atoms with Gasteiger partial charge in [0.2, 0.25) is 0 Å². The molecule has 0 N–H and O–H groups in total. The first-order valence-electron chi connectivity index (χ1n) is 11.8. The summed E-state index contributed by atoms with van der Waals surface area (Å²) in [7, 11) is 0. The van der Waals surface area contributed by atoms with Gasteiger partial charge in [-0.05, 0) is 68.7 Å². The predicted octanol–water partition coefficient (Wildman–Crippen LogP) is 5.06. The Labute approximate surface area is 206 Å². The van der Waals surface area contributed by atoms with Crippen molar-refractivity contribution in [3.05, 3.63) is 89.0 Å². The molecule has 3 heterocycles. The number of benzene rings is 2. The average Bonchev–Trinajstić information content (AvgIpc) is 3.26. The van der Waals surface area contributed by atoms with Gasteiger partial charge in [0, 0.05) is 29.9 Å². The smallest absolute Gasteiger partial charge is 0.258 e. The monoisotopic (exact) mass is 478 g/mol. The molecule has 2 aromatic carbocycles. The number of ether oxygens (including phenoxy) is 1. The molecule has 34 heavy (non-hydrogen) atoms. The van der Waals surface area contributed by atoms with E-state index in [1.807, 2.05) is 54.7 Å². The van der Waals surface area contributed by atoms with E-state index in [0.717, 1.165) is 41.7 Å². The van der Waals surface area contributed by atoms with Crippen LogP contribution in [0.5, 0.6) is 5.75 Å². The lowest BCUT2D eigenvalue weighted by Crippen LogP contribution is -2.31. The molecule has 0 aliphatic carbocycles. The molecule has 0 atom stereocenters. The van der Waals surface area contributed by atoms with E-state index in [1.54, 1.807) is 10.8 Å². The molecule has 5 rings (SSSR count). The number of piperidine rings is 1. The van der Waals surface area contributed by atoms with Crippen LogP contribution in [0.25, 0.3) is 16.6 Å². The molecular formula is C27H31ClN4O2. The first-order valence-corrected chi connectivity index (χ1v) is 11.8. The van der Waals surface area contributed by atoms with Gasteiger partial charge in [-0.25, -0.2) is 0 Å². The number of aryl methyl sites for hydroxylation is 1. The summed E-state index contributed by atoms with van der Waals surface area (Å²) < 4.78 is 9.51. The Balaban J connectivity index is 0.00000274. The second-order valence-electron chi connectivity index (χ2n) is 8.71. The van der Waals surface area contributed by atoms with Crippen molar-refractivity contribution in [1.82, 2.24) is 19.2 Å².